The van der Waals surface area contributed by atoms with E-state index in [9.17, 15) is 24.9 Å². The van der Waals surface area contributed by atoms with Crippen molar-refractivity contribution in [3.05, 3.63) is 23.8 Å². The lowest BCUT2D eigenvalue weighted by molar-refractivity contribution is -0.144. The fraction of sp³-hybridized carbons (Fsp3) is 0.429. The summed E-state index contributed by atoms with van der Waals surface area (Å²) < 4.78 is 0. The zero-order valence-corrected chi connectivity index (χ0v) is 11.1. The molecule has 1 aromatic rings. The molecule has 0 aromatic heterocycles. The third kappa shape index (κ3) is 2.54. The zero-order chi connectivity index (χ0) is 14.9. The van der Waals surface area contributed by atoms with E-state index in [1.54, 1.807) is 0 Å². The van der Waals surface area contributed by atoms with Crippen LogP contribution in [0.1, 0.15) is 30.1 Å². The second-order valence-corrected chi connectivity index (χ2v) is 5.16. The Labute approximate surface area is 116 Å². The summed E-state index contributed by atoms with van der Waals surface area (Å²) in [6.07, 6.45) is 1.11. The van der Waals surface area contributed by atoms with E-state index in [1.165, 1.54) is 23.1 Å². The molecule has 2 rings (SSSR count). The monoisotopic (exact) mass is 279 g/mol. The van der Waals surface area contributed by atoms with E-state index in [0.717, 1.165) is 6.42 Å². The van der Waals surface area contributed by atoms with Crippen LogP contribution in [0.15, 0.2) is 18.2 Å². The Morgan fingerprint density at radius 2 is 2.00 bits per heavy atom. The topological polar surface area (TPSA) is 98.1 Å². The Bertz CT molecular complexity index is 542. The van der Waals surface area contributed by atoms with Crippen LogP contribution >= 0.6 is 0 Å². The molecular formula is C14H17NO5. The Balaban J connectivity index is 2.31. The van der Waals surface area contributed by atoms with E-state index >= 15 is 0 Å². The smallest absolute Gasteiger partial charge is 0.326 e. The molecule has 1 amide bonds. The lowest BCUT2D eigenvalue weighted by Gasteiger charge is -2.36. The van der Waals surface area contributed by atoms with Crippen molar-refractivity contribution in [2.75, 3.05) is 6.54 Å². The molecule has 108 valence electrons. The predicted octanol–water partition coefficient (Wildman–Crippen LogP) is 1.42. The van der Waals surface area contributed by atoms with E-state index in [2.05, 4.69) is 0 Å². The number of hydrogen-bond acceptors (Lipinski definition) is 4. The van der Waals surface area contributed by atoms with Crippen LogP contribution in [0.3, 0.4) is 0 Å². The summed E-state index contributed by atoms with van der Waals surface area (Å²) in [6.45, 7) is 2.27. The Morgan fingerprint density at radius 1 is 1.30 bits per heavy atom. The number of phenolic OH excluding ortho intramolecular Hbond substituents is 2. The lowest BCUT2D eigenvalue weighted by atomic mass is 9.92. The van der Waals surface area contributed by atoms with Crippen molar-refractivity contribution in [2.45, 2.75) is 25.8 Å². The van der Waals surface area contributed by atoms with Gasteiger partial charge in [-0.3, -0.25) is 4.79 Å². The maximum Gasteiger partial charge on any atom is 0.326 e. The molecule has 1 aliphatic heterocycles. The number of hydrogen-bond donors (Lipinski definition) is 3. The van der Waals surface area contributed by atoms with Crippen LogP contribution in [-0.2, 0) is 4.79 Å². The van der Waals surface area contributed by atoms with Gasteiger partial charge in [-0.1, -0.05) is 13.0 Å². The summed E-state index contributed by atoms with van der Waals surface area (Å²) in [4.78, 5) is 24.9. The van der Waals surface area contributed by atoms with Gasteiger partial charge in [-0.2, -0.15) is 0 Å². The number of likely N-dealkylation sites (tertiary alicyclic amines) is 1. The number of carboxylic acids is 1. The molecule has 20 heavy (non-hydrogen) atoms. The molecule has 0 aliphatic carbocycles. The van der Waals surface area contributed by atoms with Crippen LogP contribution in [0.25, 0.3) is 0 Å². The maximum atomic E-state index is 12.4. The Kier molecular flexibility index (Phi) is 3.83. The van der Waals surface area contributed by atoms with Crippen molar-refractivity contribution in [1.82, 2.24) is 4.90 Å². The molecule has 0 bridgehead atoms. The summed E-state index contributed by atoms with van der Waals surface area (Å²) in [5, 5.41) is 28.4. The highest BCUT2D eigenvalue weighted by molar-refractivity contribution is 5.99. The van der Waals surface area contributed by atoms with Crippen molar-refractivity contribution >= 4 is 11.9 Å². The van der Waals surface area contributed by atoms with Gasteiger partial charge in [0.1, 0.15) is 6.04 Å². The van der Waals surface area contributed by atoms with Crippen LogP contribution < -0.4 is 0 Å². The molecule has 3 N–H and O–H groups in total. The highest BCUT2D eigenvalue weighted by Crippen LogP contribution is 2.31. The summed E-state index contributed by atoms with van der Waals surface area (Å²) in [6, 6.07) is 3.17. The number of rotatable bonds is 2. The summed E-state index contributed by atoms with van der Waals surface area (Å²) >= 11 is 0. The van der Waals surface area contributed by atoms with Crippen molar-refractivity contribution in [3.8, 4) is 11.5 Å². The molecule has 1 saturated heterocycles. The molecule has 0 saturated carbocycles. The summed E-state index contributed by atoms with van der Waals surface area (Å²) in [5.74, 6) is -2.30. The summed E-state index contributed by atoms with van der Waals surface area (Å²) in [5.41, 5.74) is -0.0780. The molecule has 6 heteroatoms. The second kappa shape index (κ2) is 5.40. The van der Waals surface area contributed by atoms with E-state index in [-0.39, 0.29) is 11.5 Å². The molecule has 0 spiro atoms. The quantitative estimate of drug-likeness (QED) is 0.711. The number of para-hydroxylation sites is 1. The standard InChI is InChI=1S/C14H17NO5/c1-8-5-6-15(10(7-8)14(19)20)13(18)9-3-2-4-11(16)12(9)17/h2-4,8,10,16-17H,5-7H2,1H3,(H,19,20). The molecule has 1 fully saturated rings. The van der Waals surface area contributed by atoms with Crippen molar-refractivity contribution in [1.29, 1.82) is 0 Å². The SMILES string of the molecule is CC1CCN(C(=O)c2cccc(O)c2O)C(C(=O)O)C1. The highest BCUT2D eigenvalue weighted by Gasteiger charge is 2.36. The molecule has 2 atom stereocenters. The number of carbonyl (C=O) groups excluding carboxylic acids is 1. The molecule has 0 radical (unpaired) electrons. The fourth-order valence-electron chi connectivity index (χ4n) is 2.48. The van der Waals surface area contributed by atoms with E-state index in [4.69, 9.17) is 0 Å². The lowest BCUT2D eigenvalue weighted by Crippen LogP contribution is -2.49. The van der Waals surface area contributed by atoms with Crippen LogP contribution in [0.2, 0.25) is 0 Å². The van der Waals surface area contributed by atoms with Crippen molar-refractivity contribution < 1.29 is 24.9 Å². The first-order chi connectivity index (χ1) is 9.41. The average Bonchev–Trinajstić information content (AvgIpc) is 2.41. The Hall–Kier alpha value is -2.24. The largest absolute Gasteiger partial charge is 0.504 e. The number of nitrogens with zero attached hydrogens (tertiary/aromatic N) is 1. The highest BCUT2D eigenvalue weighted by atomic mass is 16.4. The normalized spacial score (nSPS) is 22.6. The number of aromatic hydroxyl groups is 2. The van der Waals surface area contributed by atoms with Crippen LogP contribution in [0.4, 0.5) is 0 Å². The number of aliphatic carboxylic acids is 1. The molecule has 1 aromatic carbocycles. The molecule has 1 aliphatic rings. The number of benzene rings is 1. The van der Waals surface area contributed by atoms with Gasteiger partial charge < -0.3 is 20.2 Å². The van der Waals surface area contributed by atoms with Crippen LogP contribution in [0, 0.1) is 5.92 Å². The number of piperidine rings is 1. The second-order valence-electron chi connectivity index (χ2n) is 5.16. The van der Waals surface area contributed by atoms with Gasteiger partial charge in [0.05, 0.1) is 5.56 Å². The number of carbonyl (C=O) groups is 2. The number of carboxylic acid groups (broad SMARTS) is 1. The minimum Gasteiger partial charge on any atom is -0.504 e. The molecule has 6 nitrogen and oxygen atoms in total. The average molecular weight is 279 g/mol. The third-order valence-electron chi connectivity index (χ3n) is 3.66. The molecular weight excluding hydrogens is 262 g/mol. The molecule has 2 unspecified atom stereocenters. The third-order valence-corrected chi connectivity index (χ3v) is 3.66. The maximum absolute atomic E-state index is 12.4. The van der Waals surface area contributed by atoms with E-state index in [0.29, 0.717) is 13.0 Å². The fourth-order valence-corrected chi connectivity index (χ4v) is 2.48. The Morgan fingerprint density at radius 3 is 2.65 bits per heavy atom. The van der Waals surface area contributed by atoms with Gasteiger partial charge in [0, 0.05) is 6.54 Å². The number of amides is 1. The van der Waals surface area contributed by atoms with Gasteiger partial charge in [0.15, 0.2) is 11.5 Å². The molecule has 1 heterocycles. The van der Waals surface area contributed by atoms with Gasteiger partial charge in [-0.15, -0.1) is 0 Å². The first kappa shape index (κ1) is 14.2. The first-order valence-corrected chi connectivity index (χ1v) is 6.46. The van der Waals surface area contributed by atoms with E-state index < -0.39 is 29.4 Å². The van der Waals surface area contributed by atoms with Gasteiger partial charge in [0.25, 0.3) is 5.91 Å². The van der Waals surface area contributed by atoms with Gasteiger partial charge in [0.2, 0.25) is 0 Å². The predicted molar refractivity (Wildman–Crippen MR) is 70.6 cm³/mol. The zero-order valence-electron chi connectivity index (χ0n) is 11.1. The van der Waals surface area contributed by atoms with E-state index in [1.807, 2.05) is 6.92 Å². The van der Waals surface area contributed by atoms with Crippen molar-refractivity contribution in [3.63, 3.8) is 0 Å². The van der Waals surface area contributed by atoms with Gasteiger partial charge in [-0.05, 0) is 30.9 Å². The van der Waals surface area contributed by atoms with Crippen LogP contribution in [-0.4, -0.2) is 44.7 Å². The minimum absolute atomic E-state index is 0.0780. The first-order valence-electron chi connectivity index (χ1n) is 6.46. The van der Waals surface area contributed by atoms with Crippen molar-refractivity contribution in [2.24, 2.45) is 5.92 Å². The summed E-state index contributed by atoms with van der Waals surface area (Å²) in [7, 11) is 0. The van der Waals surface area contributed by atoms with Gasteiger partial charge in [-0.25, -0.2) is 4.79 Å². The van der Waals surface area contributed by atoms with Gasteiger partial charge >= 0.3 is 5.97 Å². The van der Waals surface area contributed by atoms with Crippen LogP contribution in [0.5, 0.6) is 11.5 Å². The minimum atomic E-state index is -1.05. The number of phenols is 2.